The van der Waals surface area contributed by atoms with Gasteiger partial charge in [-0.3, -0.25) is 9.69 Å². The Kier molecular flexibility index (Phi) is 6.45. The number of piperazine rings is 1. The van der Waals surface area contributed by atoms with E-state index < -0.39 is 5.60 Å². The number of likely N-dealkylation sites (N-methyl/N-ethyl adjacent to an activating group) is 1. The molecule has 1 aromatic carbocycles. The van der Waals surface area contributed by atoms with Crippen molar-refractivity contribution in [2.24, 2.45) is 0 Å². The Morgan fingerprint density at radius 1 is 1.20 bits per heavy atom. The molecule has 0 saturated carbocycles. The number of carbonyl (C=O) groups is 2. The fourth-order valence-corrected chi connectivity index (χ4v) is 3.70. The lowest BCUT2D eigenvalue weighted by atomic mass is 10.1. The first-order valence-corrected chi connectivity index (χ1v) is 10.6. The van der Waals surface area contributed by atoms with E-state index in [0.717, 1.165) is 35.8 Å². The van der Waals surface area contributed by atoms with Crippen LogP contribution in [0.2, 0.25) is 0 Å². The molecule has 1 atom stereocenters. The number of ether oxygens (including phenoxy) is 2. The minimum Gasteiger partial charge on any atom is -0.493 e. The van der Waals surface area contributed by atoms with Gasteiger partial charge < -0.3 is 24.6 Å². The van der Waals surface area contributed by atoms with Gasteiger partial charge in [0.15, 0.2) is 0 Å². The maximum Gasteiger partial charge on any atom is 0.410 e. The molecule has 2 amide bonds. The summed E-state index contributed by atoms with van der Waals surface area (Å²) < 4.78 is 11.4. The van der Waals surface area contributed by atoms with Crippen LogP contribution < -0.4 is 15.0 Å². The zero-order valence-electron chi connectivity index (χ0n) is 18.9. The number of nitrogens with one attached hydrogen (secondary N) is 1. The van der Waals surface area contributed by atoms with Gasteiger partial charge in [-0.15, -0.1) is 0 Å². The van der Waals surface area contributed by atoms with E-state index in [1.165, 1.54) is 0 Å². The van der Waals surface area contributed by atoms with Crippen molar-refractivity contribution in [1.29, 1.82) is 0 Å². The van der Waals surface area contributed by atoms with Crippen molar-refractivity contribution in [3.63, 3.8) is 0 Å². The molecule has 166 valence electrons. The van der Waals surface area contributed by atoms with Crippen molar-refractivity contribution in [2.75, 3.05) is 50.1 Å². The number of rotatable bonds is 4. The van der Waals surface area contributed by atoms with Crippen molar-refractivity contribution in [3.05, 3.63) is 17.7 Å². The van der Waals surface area contributed by atoms with E-state index in [4.69, 9.17) is 9.47 Å². The highest BCUT2D eigenvalue weighted by atomic mass is 16.6. The Balaban J connectivity index is 1.70. The van der Waals surface area contributed by atoms with Crippen molar-refractivity contribution in [1.82, 2.24) is 9.80 Å². The first-order valence-electron chi connectivity index (χ1n) is 10.6. The van der Waals surface area contributed by atoms with Crippen LogP contribution >= 0.6 is 0 Å². The molecule has 0 bridgehead atoms. The molecular weight excluding hydrogens is 384 g/mol. The molecule has 1 N–H and O–H groups in total. The molecule has 1 aromatic rings. The van der Waals surface area contributed by atoms with Gasteiger partial charge in [0.2, 0.25) is 5.91 Å². The second-order valence-corrected chi connectivity index (χ2v) is 8.93. The minimum absolute atomic E-state index is 0.00825. The molecule has 8 nitrogen and oxygen atoms in total. The highest BCUT2D eigenvalue weighted by molar-refractivity contribution is 6.03. The van der Waals surface area contributed by atoms with E-state index in [9.17, 15) is 9.59 Å². The number of hydrogen-bond acceptors (Lipinski definition) is 6. The van der Waals surface area contributed by atoms with Crippen LogP contribution in [0.3, 0.4) is 0 Å². The predicted octanol–water partition coefficient (Wildman–Crippen LogP) is 2.91. The van der Waals surface area contributed by atoms with Gasteiger partial charge >= 0.3 is 6.09 Å². The van der Waals surface area contributed by atoms with Gasteiger partial charge in [0, 0.05) is 51.4 Å². The lowest BCUT2D eigenvalue weighted by molar-refractivity contribution is -0.117. The van der Waals surface area contributed by atoms with E-state index in [-0.39, 0.29) is 18.0 Å². The summed E-state index contributed by atoms with van der Waals surface area (Å²) in [5.41, 5.74) is 2.32. The second kappa shape index (κ2) is 8.71. The standard InChI is InChI=1S/C22H34N4O4/c1-7-29-19-13-18-17(23-20(27)15(2)24(18)6)12-16(19)14-25-8-10-26(11-9-25)21(28)30-22(3,4)5/h12-13,15H,7-11,14H2,1-6H3,(H,23,27). The number of fused-ring (bicyclic) bond motifs is 1. The van der Waals surface area contributed by atoms with E-state index in [2.05, 4.69) is 10.2 Å². The topological polar surface area (TPSA) is 74.4 Å². The molecule has 2 aliphatic rings. The molecule has 2 aliphatic heterocycles. The third-order valence-electron chi connectivity index (χ3n) is 5.49. The van der Waals surface area contributed by atoms with Crippen molar-refractivity contribution in [2.45, 2.75) is 52.8 Å². The number of nitrogens with zero attached hydrogens (tertiary/aromatic N) is 3. The van der Waals surface area contributed by atoms with Crippen LogP contribution in [-0.2, 0) is 16.1 Å². The Hall–Kier alpha value is -2.48. The average Bonchev–Trinajstić information content (AvgIpc) is 2.67. The summed E-state index contributed by atoms with van der Waals surface area (Å²) in [4.78, 5) is 30.5. The molecule has 2 heterocycles. The zero-order valence-corrected chi connectivity index (χ0v) is 18.9. The molecule has 8 heteroatoms. The molecule has 3 rings (SSSR count). The van der Waals surface area contributed by atoms with Gasteiger partial charge in [-0.05, 0) is 40.7 Å². The van der Waals surface area contributed by atoms with Crippen LogP contribution in [0, 0.1) is 0 Å². The van der Waals surface area contributed by atoms with Crippen LogP contribution in [0.5, 0.6) is 5.75 Å². The fraction of sp³-hybridized carbons (Fsp3) is 0.636. The summed E-state index contributed by atoms with van der Waals surface area (Å²) in [6, 6.07) is 3.81. The molecule has 1 unspecified atom stereocenters. The molecule has 0 radical (unpaired) electrons. The number of anilines is 2. The van der Waals surface area contributed by atoms with E-state index in [1.807, 2.05) is 58.7 Å². The number of hydrogen-bond donors (Lipinski definition) is 1. The molecule has 0 spiro atoms. The third kappa shape index (κ3) is 4.98. The summed E-state index contributed by atoms with van der Waals surface area (Å²) >= 11 is 0. The minimum atomic E-state index is -0.487. The largest absolute Gasteiger partial charge is 0.493 e. The van der Waals surface area contributed by atoms with E-state index in [0.29, 0.717) is 26.2 Å². The van der Waals surface area contributed by atoms with E-state index >= 15 is 0 Å². The van der Waals surface area contributed by atoms with Crippen molar-refractivity contribution in [3.8, 4) is 5.75 Å². The van der Waals surface area contributed by atoms with Gasteiger partial charge in [-0.1, -0.05) is 0 Å². The Labute approximate surface area is 179 Å². The predicted molar refractivity (Wildman–Crippen MR) is 117 cm³/mol. The molecule has 1 saturated heterocycles. The quantitative estimate of drug-likeness (QED) is 0.811. The summed E-state index contributed by atoms with van der Waals surface area (Å²) in [6.07, 6.45) is -0.259. The lowest BCUT2D eigenvalue weighted by Gasteiger charge is -2.36. The first kappa shape index (κ1) is 22.2. The maximum atomic E-state index is 12.3. The molecule has 30 heavy (non-hydrogen) atoms. The van der Waals surface area contributed by atoms with Crippen molar-refractivity contribution >= 4 is 23.4 Å². The molecule has 1 fully saturated rings. The highest BCUT2D eigenvalue weighted by Crippen LogP contribution is 2.37. The van der Waals surface area contributed by atoms with Gasteiger partial charge in [0.05, 0.1) is 18.0 Å². The maximum absolute atomic E-state index is 12.3. The van der Waals surface area contributed by atoms with Crippen LogP contribution in [0.1, 0.15) is 40.2 Å². The van der Waals surface area contributed by atoms with Gasteiger partial charge in [0.25, 0.3) is 0 Å². The van der Waals surface area contributed by atoms with Crippen LogP contribution in [0.4, 0.5) is 16.2 Å². The summed E-state index contributed by atoms with van der Waals surface area (Å²) in [5.74, 6) is 0.826. The van der Waals surface area contributed by atoms with Gasteiger partial charge in [-0.25, -0.2) is 4.79 Å². The first-order chi connectivity index (χ1) is 14.1. The fourth-order valence-electron chi connectivity index (χ4n) is 3.70. The second-order valence-electron chi connectivity index (χ2n) is 8.93. The van der Waals surface area contributed by atoms with E-state index in [1.54, 1.807) is 4.90 Å². The average molecular weight is 419 g/mol. The monoisotopic (exact) mass is 418 g/mol. The van der Waals surface area contributed by atoms with Crippen LogP contribution in [-0.4, -0.2) is 73.3 Å². The number of carbonyl (C=O) groups excluding carboxylic acids is 2. The smallest absolute Gasteiger partial charge is 0.410 e. The zero-order chi connectivity index (χ0) is 22.1. The number of benzene rings is 1. The molecule has 0 aromatic heterocycles. The molecular formula is C22H34N4O4. The van der Waals surface area contributed by atoms with Gasteiger partial charge in [-0.2, -0.15) is 0 Å². The highest BCUT2D eigenvalue weighted by Gasteiger charge is 2.30. The number of amides is 2. The lowest BCUT2D eigenvalue weighted by Crippen LogP contribution is -2.49. The summed E-state index contributed by atoms with van der Waals surface area (Å²) in [6.45, 7) is 13.5. The Bertz CT molecular complexity index is 797. The Morgan fingerprint density at radius 2 is 1.87 bits per heavy atom. The van der Waals surface area contributed by atoms with Crippen LogP contribution in [0.25, 0.3) is 0 Å². The third-order valence-corrected chi connectivity index (χ3v) is 5.49. The van der Waals surface area contributed by atoms with Crippen molar-refractivity contribution < 1.29 is 19.1 Å². The Morgan fingerprint density at radius 3 is 2.47 bits per heavy atom. The van der Waals surface area contributed by atoms with Crippen LogP contribution in [0.15, 0.2) is 12.1 Å². The SMILES string of the molecule is CCOc1cc2c(cc1CN1CCN(C(=O)OC(C)(C)C)CC1)NC(=O)C(C)N2C. The van der Waals surface area contributed by atoms with Gasteiger partial charge in [0.1, 0.15) is 17.4 Å². The summed E-state index contributed by atoms with van der Waals surface area (Å²) in [5, 5.41) is 3.01. The normalized spacial score (nSPS) is 19.9. The summed E-state index contributed by atoms with van der Waals surface area (Å²) in [7, 11) is 1.92. The molecule has 0 aliphatic carbocycles.